The van der Waals surface area contributed by atoms with Crippen LogP contribution in [0, 0.1) is 0 Å². The van der Waals surface area contributed by atoms with Gasteiger partial charge in [-0.25, -0.2) is 4.79 Å². The Bertz CT molecular complexity index is 554. The first-order chi connectivity index (χ1) is 18.8. The van der Waals surface area contributed by atoms with Crippen molar-refractivity contribution < 1.29 is 9.90 Å². The van der Waals surface area contributed by atoms with E-state index in [-0.39, 0.29) is 0 Å². The van der Waals surface area contributed by atoms with Gasteiger partial charge < -0.3 is 10.5 Å². The van der Waals surface area contributed by atoms with Gasteiger partial charge in [-0.05, 0) is 67.2 Å². The van der Waals surface area contributed by atoms with E-state index < -0.39 is 5.97 Å². The lowest BCUT2D eigenvalue weighted by Crippen LogP contribution is -2.10. The van der Waals surface area contributed by atoms with Crippen LogP contribution in [-0.2, 0) is 4.79 Å². The summed E-state index contributed by atoms with van der Waals surface area (Å²) in [5.41, 5.74) is 4.84. The van der Waals surface area contributed by atoms with E-state index in [2.05, 4.69) is 72.8 Å². The third-order valence-electron chi connectivity index (χ3n) is 4.14. The van der Waals surface area contributed by atoms with Gasteiger partial charge in [0, 0.05) is 51.3 Å². The molecule has 0 aromatic rings. The summed E-state index contributed by atoms with van der Waals surface area (Å²) < 4.78 is 0.473. The van der Waals surface area contributed by atoms with Crippen molar-refractivity contribution in [3.63, 3.8) is 0 Å². The first-order valence-electron chi connectivity index (χ1n) is 14.7. The third-order valence-corrected chi connectivity index (χ3v) is 13.5. The highest BCUT2D eigenvalue weighted by Gasteiger charge is 2.14. The van der Waals surface area contributed by atoms with Crippen LogP contribution in [-0.4, -0.2) is 56.3 Å². The second-order valence-electron chi connectivity index (χ2n) is 9.20. The molecule has 1 unspecified atom stereocenters. The van der Waals surface area contributed by atoms with Crippen molar-refractivity contribution in [1.29, 1.82) is 0 Å². The van der Waals surface area contributed by atoms with E-state index in [4.69, 9.17) is 5.11 Å². The zero-order valence-electron chi connectivity index (χ0n) is 28.5. The molecule has 2 N–H and O–H groups in total. The molecule has 4 nitrogen and oxygen atoms in total. The summed E-state index contributed by atoms with van der Waals surface area (Å²) in [6.45, 7) is 30.8. The lowest BCUT2D eigenvalue weighted by Gasteiger charge is -2.19. The van der Waals surface area contributed by atoms with Crippen LogP contribution in [0.5, 0.6) is 0 Å². The molecule has 244 valence electrons. The number of hydrazone groups is 1. The van der Waals surface area contributed by atoms with E-state index in [1.54, 1.807) is 0 Å². The maximum absolute atomic E-state index is 10.0. The molecule has 0 fully saturated rings. The van der Waals surface area contributed by atoms with Gasteiger partial charge >= 0.3 is 5.97 Å². The van der Waals surface area contributed by atoms with Gasteiger partial charge in [0.05, 0.1) is 0 Å². The SMILES string of the molecule is CCCC(C)=CC(=O)O.CCCSSCC.CCNN=C(C)C.CCSSC(C)(C)CC.CCSSC(C)CC. The predicted molar refractivity (Wildman–Crippen MR) is 205 cm³/mol. The van der Waals surface area contributed by atoms with E-state index in [0.717, 1.165) is 35.9 Å². The van der Waals surface area contributed by atoms with Crippen LogP contribution in [0.3, 0.4) is 0 Å². The standard InChI is InChI=1S/C7H12O2.C7H16S2.C6H14S2.C5H12N2.C5H12S2/c1-3-4-6(2)5-7(8)9;1-5-7(3,4)9-8-6-2;1-4-6(3)8-7-5-2;1-4-6-7-5(2)3;1-3-5-7-6-4-2/h5H,3-4H2,1-2H3,(H,8,9);5-6H2,1-4H3;6H,4-5H2,1-3H3;6H,4H2,1-3H3;3-5H2,1-2H3. The van der Waals surface area contributed by atoms with Crippen molar-refractivity contribution in [3.8, 4) is 0 Å². The van der Waals surface area contributed by atoms with Crippen molar-refractivity contribution in [2.75, 3.05) is 29.6 Å². The van der Waals surface area contributed by atoms with Gasteiger partial charge in [0.2, 0.25) is 0 Å². The first-order valence-corrected chi connectivity index (χ1v) is 21.9. The van der Waals surface area contributed by atoms with Crippen LogP contribution in [0.1, 0.15) is 129 Å². The monoisotopic (exact) mass is 678 g/mol. The Morgan fingerprint density at radius 3 is 1.75 bits per heavy atom. The molecule has 0 aromatic heterocycles. The maximum Gasteiger partial charge on any atom is 0.328 e. The van der Waals surface area contributed by atoms with Gasteiger partial charge in [-0.3, -0.25) is 0 Å². The number of hydrogen-bond donors (Lipinski definition) is 2. The summed E-state index contributed by atoms with van der Waals surface area (Å²) in [6, 6.07) is 0. The summed E-state index contributed by atoms with van der Waals surface area (Å²) >= 11 is 0. The highest BCUT2D eigenvalue weighted by molar-refractivity contribution is 8.77. The predicted octanol–water partition coefficient (Wildman–Crippen LogP) is 12.4. The largest absolute Gasteiger partial charge is 0.478 e. The summed E-state index contributed by atoms with van der Waals surface area (Å²) in [5.74, 6) is 4.15. The van der Waals surface area contributed by atoms with Gasteiger partial charge in [-0.1, -0.05) is 132 Å². The molecule has 0 aromatic carbocycles. The quantitative estimate of drug-likeness (QED) is 0.0514. The average Bonchev–Trinajstić information content (AvgIpc) is 2.91. The maximum atomic E-state index is 10.0. The first kappa shape index (κ1) is 50.4. The van der Waals surface area contributed by atoms with Crippen LogP contribution in [0.15, 0.2) is 16.8 Å². The van der Waals surface area contributed by atoms with Gasteiger partial charge in [0.15, 0.2) is 0 Å². The second-order valence-corrected chi connectivity index (χ2v) is 18.5. The molecule has 0 aliphatic carbocycles. The molecule has 40 heavy (non-hydrogen) atoms. The number of rotatable bonds is 17. The van der Waals surface area contributed by atoms with Crippen molar-refractivity contribution >= 4 is 76.4 Å². The number of carboxylic acid groups (broad SMARTS) is 1. The Hall–Kier alpha value is 0.780. The van der Waals surface area contributed by atoms with E-state index in [1.165, 1.54) is 48.3 Å². The second kappa shape index (κ2) is 41.9. The molecule has 0 bridgehead atoms. The summed E-state index contributed by atoms with van der Waals surface area (Å²) in [5, 5.41) is 13.0. The molecule has 0 saturated heterocycles. The number of allylic oxidation sites excluding steroid dienone is 1. The van der Waals surface area contributed by atoms with Crippen molar-refractivity contribution in [1.82, 2.24) is 5.43 Å². The molecule has 0 aliphatic heterocycles. The van der Waals surface area contributed by atoms with Crippen molar-refractivity contribution in [3.05, 3.63) is 11.6 Å². The number of hydrogen-bond acceptors (Lipinski definition) is 9. The highest BCUT2D eigenvalue weighted by atomic mass is 33.1. The van der Waals surface area contributed by atoms with Crippen molar-refractivity contribution in [2.24, 2.45) is 5.10 Å². The van der Waals surface area contributed by atoms with Gasteiger partial charge in [-0.2, -0.15) is 5.10 Å². The molecule has 0 aliphatic rings. The molecule has 0 heterocycles. The van der Waals surface area contributed by atoms with Crippen molar-refractivity contribution in [2.45, 2.75) is 139 Å². The van der Waals surface area contributed by atoms with Gasteiger partial charge in [0.25, 0.3) is 0 Å². The van der Waals surface area contributed by atoms with E-state index >= 15 is 0 Å². The molecule has 0 amide bonds. The fourth-order valence-corrected chi connectivity index (χ4v) is 7.71. The smallest absolute Gasteiger partial charge is 0.328 e. The summed E-state index contributed by atoms with van der Waals surface area (Å²) in [7, 11) is 11.8. The number of nitrogens with one attached hydrogen (secondary N) is 1. The number of aliphatic carboxylic acids is 1. The van der Waals surface area contributed by atoms with Crippen LogP contribution in [0.4, 0.5) is 0 Å². The van der Waals surface area contributed by atoms with Crippen LogP contribution in [0.25, 0.3) is 0 Å². The zero-order valence-corrected chi connectivity index (χ0v) is 33.4. The Balaban J connectivity index is -0.000000128. The highest BCUT2D eigenvalue weighted by Crippen LogP contribution is 2.37. The van der Waals surface area contributed by atoms with E-state index in [1.807, 2.05) is 99.4 Å². The summed E-state index contributed by atoms with van der Waals surface area (Å²) in [6.07, 6.45) is 6.99. The Kier molecular flexibility index (Phi) is 52.8. The molecule has 0 saturated carbocycles. The van der Waals surface area contributed by atoms with Crippen LogP contribution in [0.2, 0.25) is 0 Å². The molecule has 0 rings (SSSR count). The van der Waals surface area contributed by atoms with E-state index in [0.29, 0.717) is 4.75 Å². The molecule has 1 atom stereocenters. The lowest BCUT2D eigenvalue weighted by molar-refractivity contribution is -0.131. The van der Waals surface area contributed by atoms with Gasteiger partial charge in [0.1, 0.15) is 0 Å². The molecule has 0 radical (unpaired) electrons. The minimum Gasteiger partial charge on any atom is -0.478 e. The lowest BCUT2D eigenvalue weighted by atomic mass is 10.1. The third kappa shape index (κ3) is 62.4. The molecular formula is C30H66N2O2S6. The molecule has 10 heteroatoms. The molecule has 0 spiro atoms. The Morgan fingerprint density at radius 1 is 0.875 bits per heavy atom. The number of carbonyl (C=O) groups is 1. The summed E-state index contributed by atoms with van der Waals surface area (Å²) in [4.78, 5) is 10.0. The number of nitrogens with zero attached hydrogens (tertiary/aromatic N) is 1. The Labute approximate surface area is 275 Å². The van der Waals surface area contributed by atoms with Crippen LogP contribution < -0.4 is 5.43 Å². The minimum atomic E-state index is -0.846. The average molecular weight is 679 g/mol. The number of carboxylic acids is 1. The zero-order chi connectivity index (χ0) is 32.2. The van der Waals surface area contributed by atoms with Crippen LogP contribution >= 0.6 is 64.8 Å². The van der Waals surface area contributed by atoms with Gasteiger partial charge in [-0.15, -0.1) is 0 Å². The molecular weight excluding hydrogens is 613 g/mol. The fraction of sp³-hybridized carbons (Fsp3) is 0.867. The normalized spacial score (nSPS) is 11.1. The topological polar surface area (TPSA) is 61.7 Å². The van der Waals surface area contributed by atoms with E-state index in [9.17, 15) is 4.79 Å². The fourth-order valence-electron chi connectivity index (χ4n) is 1.67. The Morgan fingerprint density at radius 2 is 1.43 bits per heavy atom. The minimum absolute atomic E-state index is 0.473.